The molecule has 15 heavy (non-hydrogen) atoms. The first-order valence-electron chi connectivity index (χ1n) is 5.45. The van der Waals surface area contributed by atoms with Crippen molar-refractivity contribution in [2.75, 3.05) is 5.75 Å². The molecule has 2 rings (SSSR count). The monoisotopic (exact) mass is 220 g/mol. The summed E-state index contributed by atoms with van der Waals surface area (Å²) in [7, 11) is 0. The lowest BCUT2D eigenvalue weighted by molar-refractivity contribution is -0.116. The third-order valence-electron chi connectivity index (χ3n) is 2.63. The molecule has 0 heterocycles. The summed E-state index contributed by atoms with van der Waals surface area (Å²) >= 11 is 1.66. The van der Waals surface area contributed by atoms with Gasteiger partial charge in [0.15, 0.2) is 0 Å². The second-order valence-corrected chi connectivity index (χ2v) is 5.34. The van der Waals surface area contributed by atoms with E-state index in [1.807, 2.05) is 0 Å². The average molecular weight is 220 g/mol. The van der Waals surface area contributed by atoms with Crippen molar-refractivity contribution < 1.29 is 4.79 Å². The van der Waals surface area contributed by atoms with E-state index in [0.29, 0.717) is 11.5 Å². The molecule has 0 spiro atoms. The molecule has 0 unspecified atom stereocenters. The van der Waals surface area contributed by atoms with Gasteiger partial charge in [0.25, 0.3) is 0 Å². The van der Waals surface area contributed by atoms with E-state index in [0.717, 1.165) is 12.3 Å². The summed E-state index contributed by atoms with van der Waals surface area (Å²) in [5.41, 5.74) is 1.27. The van der Waals surface area contributed by atoms with Gasteiger partial charge in [-0.1, -0.05) is 17.7 Å². The molecule has 1 fully saturated rings. The first-order chi connectivity index (χ1) is 7.24. The maximum atomic E-state index is 11.5. The molecular formula is C13H16OS. The smallest absolute Gasteiger partial charge is 0.143 e. The molecule has 0 atom stereocenters. The van der Waals surface area contributed by atoms with Gasteiger partial charge in [0.2, 0.25) is 0 Å². The zero-order valence-electron chi connectivity index (χ0n) is 9.03. The molecule has 2 heteroatoms. The van der Waals surface area contributed by atoms with Crippen LogP contribution >= 0.6 is 11.8 Å². The van der Waals surface area contributed by atoms with Crippen molar-refractivity contribution >= 4 is 17.5 Å². The van der Waals surface area contributed by atoms with Gasteiger partial charge in [-0.2, -0.15) is 0 Å². The molecule has 0 amide bonds. The van der Waals surface area contributed by atoms with Crippen LogP contribution in [0.15, 0.2) is 29.2 Å². The highest BCUT2D eigenvalue weighted by atomic mass is 32.2. The van der Waals surface area contributed by atoms with Crippen LogP contribution < -0.4 is 0 Å². The van der Waals surface area contributed by atoms with Crippen molar-refractivity contribution in [2.45, 2.75) is 31.1 Å². The minimum atomic E-state index is 0.406. The van der Waals surface area contributed by atoms with Gasteiger partial charge in [-0.15, -0.1) is 11.8 Å². The number of carbonyl (C=O) groups is 1. The van der Waals surface area contributed by atoms with Gasteiger partial charge in [-0.3, -0.25) is 4.79 Å². The molecule has 80 valence electrons. The van der Waals surface area contributed by atoms with Crippen molar-refractivity contribution in [3.05, 3.63) is 29.8 Å². The molecule has 1 saturated carbocycles. The van der Waals surface area contributed by atoms with Crippen molar-refractivity contribution in [1.82, 2.24) is 0 Å². The predicted molar refractivity (Wildman–Crippen MR) is 64.3 cm³/mol. The lowest BCUT2D eigenvalue weighted by atomic mass is 10.2. The van der Waals surface area contributed by atoms with E-state index in [9.17, 15) is 4.79 Å². The van der Waals surface area contributed by atoms with Crippen LogP contribution in [0.3, 0.4) is 0 Å². The molecule has 1 nitrogen and oxygen atoms in total. The zero-order valence-corrected chi connectivity index (χ0v) is 9.85. The Morgan fingerprint density at radius 3 is 2.60 bits per heavy atom. The van der Waals surface area contributed by atoms with E-state index in [-0.39, 0.29) is 0 Å². The summed E-state index contributed by atoms with van der Waals surface area (Å²) in [6.45, 7) is 2.08. The first-order valence-corrected chi connectivity index (χ1v) is 6.44. The molecule has 0 bridgehead atoms. The Hall–Kier alpha value is -0.760. The number of rotatable bonds is 5. The van der Waals surface area contributed by atoms with Gasteiger partial charge < -0.3 is 0 Å². The number of benzene rings is 1. The van der Waals surface area contributed by atoms with Crippen molar-refractivity contribution in [1.29, 1.82) is 0 Å². The molecule has 0 aliphatic heterocycles. The standard InChI is InChI=1S/C13H16OS/c1-10-2-6-13(7-3-10)15-9-12(14)8-11-4-5-11/h2-3,6-7,11H,4-5,8-9H2,1H3. The Morgan fingerprint density at radius 2 is 2.00 bits per heavy atom. The third-order valence-corrected chi connectivity index (χ3v) is 3.71. The van der Waals surface area contributed by atoms with Crippen molar-refractivity contribution in [3.63, 3.8) is 0 Å². The number of ketones is 1. The Labute approximate surface area is 95.3 Å². The molecular weight excluding hydrogens is 204 g/mol. The SMILES string of the molecule is Cc1ccc(SCC(=O)CC2CC2)cc1. The van der Waals surface area contributed by atoms with Gasteiger partial charge in [-0.25, -0.2) is 0 Å². The van der Waals surface area contributed by atoms with E-state index in [1.165, 1.54) is 23.3 Å². The summed E-state index contributed by atoms with van der Waals surface area (Å²) in [6, 6.07) is 8.36. The number of aryl methyl sites for hydroxylation is 1. The highest BCUT2D eigenvalue weighted by Gasteiger charge is 2.23. The number of hydrogen-bond donors (Lipinski definition) is 0. The highest BCUT2D eigenvalue weighted by molar-refractivity contribution is 8.00. The Bertz CT molecular complexity index is 338. The molecule has 0 saturated heterocycles. The topological polar surface area (TPSA) is 17.1 Å². The quantitative estimate of drug-likeness (QED) is 0.707. The van der Waals surface area contributed by atoms with E-state index in [1.54, 1.807) is 11.8 Å². The van der Waals surface area contributed by atoms with Crippen LogP contribution in [-0.2, 0) is 4.79 Å². The normalized spacial score (nSPS) is 15.3. The summed E-state index contributed by atoms with van der Waals surface area (Å²) in [4.78, 5) is 12.7. The number of thioether (sulfide) groups is 1. The molecule has 1 aliphatic rings. The van der Waals surface area contributed by atoms with Crippen LogP contribution in [0.1, 0.15) is 24.8 Å². The first kappa shape index (κ1) is 10.7. The van der Waals surface area contributed by atoms with Crippen LogP contribution in [0, 0.1) is 12.8 Å². The van der Waals surface area contributed by atoms with Gasteiger partial charge in [0, 0.05) is 11.3 Å². The van der Waals surface area contributed by atoms with Gasteiger partial charge in [0.1, 0.15) is 5.78 Å². The van der Waals surface area contributed by atoms with Crippen LogP contribution in [-0.4, -0.2) is 11.5 Å². The predicted octanol–water partition coefficient (Wildman–Crippen LogP) is 3.46. The van der Waals surface area contributed by atoms with Crippen LogP contribution in [0.4, 0.5) is 0 Å². The summed E-state index contributed by atoms with van der Waals surface area (Å²) in [5, 5.41) is 0. The molecule has 0 N–H and O–H groups in total. The van der Waals surface area contributed by atoms with Gasteiger partial charge in [0.05, 0.1) is 5.75 Å². The molecule has 1 aromatic carbocycles. The average Bonchev–Trinajstić information content (AvgIpc) is 3.01. The van der Waals surface area contributed by atoms with Crippen LogP contribution in [0.2, 0.25) is 0 Å². The van der Waals surface area contributed by atoms with E-state index in [2.05, 4.69) is 31.2 Å². The minimum absolute atomic E-state index is 0.406. The summed E-state index contributed by atoms with van der Waals surface area (Å²) < 4.78 is 0. The lowest BCUT2D eigenvalue weighted by Crippen LogP contribution is -2.01. The van der Waals surface area contributed by atoms with E-state index >= 15 is 0 Å². The fourth-order valence-corrected chi connectivity index (χ4v) is 2.28. The third kappa shape index (κ3) is 3.71. The van der Waals surface area contributed by atoms with Gasteiger partial charge in [-0.05, 0) is 37.8 Å². The maximum absolute atomic E-state index is 11.5. The second kappa shape index (κ2) is 4.84. The number of hydrogen-bond acceptors (Lipinski definition) is 2. The molecule has 1 aromatic rings. The second-order valence-electron chi connectivity index (χ2n) is 4.29. The minimum Gasteiger partial charge on any atom is -0.299 e. The lowest BCUT2D eigenvalue weighted by Gasteiger charge is -2.01. The Kier molecular flexibility index (Phi) is 3.47. The van der Waals surface area contributed by atoms with Crippen LogP contribution in [0.25, 0.3) is 0 Å². The zero-order chi connectivity index (χ0) is 10.7. The van der Waals surface area contributed by atoms with E-state index < -0.39 is 0 Å². The fraction of sp³-hybridized carbons (Fsp3) is 0.462. The highest BCUT2D eigenvalue weighted by Crippen LogP contribution is 2.33. The van der Waals surface area contributed by atoms with Crippen LogP contribution in [0.5, 0.6) is 0 Å². The fourth-order valence-electron chi connectivity index (χ4n) is 1.50. The van der Waals surface area contributed by atoms with Gasteiger partial charge >= 0.3 is 0 Å². The molecule has 1 aliphatic carbocycles. The van der Waals surface area contributed by atoms with Crippen molar-refractivity contribution in [3.8, 4) is 0 Å². The summed E-state index contributed by atoms with van der Waals surface area (Å²) in [5.74, 6) is 1.76. The Balaban J connectivity index is 1.76. The molecule has 0 aromatic heterocycles. The number of Topliss-reactive ketones (excluding diaryl/α,β-unsaturated/α-hetero) is 1. The maximum Gasteiger partial charge on any atom is 0.143 e. The largest absolute Gasteiger partial charge is 0.299 e. The number of carbonyl (C=O) groups excluding carboxylic acids is 1. The Morgan fingerprint density at radius 1 is 1.33 bits per heavy atom. The van der Waals surface area contributed by atoms with E-state index in [4.69, 9.17) is 0 Å². The van der Waals surface area contributed by atoms with Crippen molar-refractivity contribution in [2.24, 2.45) is 5.92 Å². The molecule has 0 radical (unpaired) electrons. The summed E-state index contributed by atoms with van der Waals surface area (Å²) in [6.07, 6.45) is 3.33.